The molecule has 1 aromatic heterocycles. The first-order valence-corrected chi connectivity index (χ1v) is 5.22. The van der Waals surface area contributed by atoms with E-state index in [1.807, 2.05) is 0 Å². The van der Waals surface area contributed by atoms with Gasteiger partial charge in [-0.3, -0.25) is 9.78 Å². The van der Waals surface area contributed by atoms with Crippen LogP contribution in [-0.4, -0.2) is 9.55 Å². The second-order valence-corrected chi connectivity index (χ2v) is 4.01. The average molecular weight is 275 g/mol. The van der Waals surface area contributed by atoms with Crippen LogP contribution in [0.2, 0.25) is 10.2 Å². The molecule has 4 nitrogen and oxygen atoms in total. The molecule has 0 amide bonds. The van der Waals surface area contributed by atoms with Crippen molar-refractivity contribution in [2.45, 2.75) is 0 Å². The van der Waals surface area contributed by atoms with Crippen LogP contribution < -0.4 is 11.2 Å². The molecule has 0 radical (unpaired) electrons. The number of nitrogens with one attached hydrogen (secondary N) is 1. The number of rotatable bonds is 1. The summed E-state index contributed by atoms with van der Waals surface area (Å²) in [5.74, 6) is -0.558. The lowest BCUT2D eigenvalue weighted by Crippen LogP contribution is -2.33. The van der Waals surface area contributed by atoms with Crippen LogP contribution in [0.4, 0.5) is 4.39 Å². The minimum atomic E-state index is -0.740. The molecule has 2 rings (SSSR count). The van der Waals surface area contributed by atoms with Gasteiger partial charge in [0.2, 0.25) is 0 Å². The Morgan fingerprint density at radius 1 is 1.18 bits per heavy atom. The van der Waals surface area contributed by atoms with E-state index in [1.165, 1.54) is 6.07 Å². The van der Waals surface area contributed by atoms with E-state index < -0.39 is 17.1 Å². The molecule has 0 spiro atoms. The molecule has 0 aliphatic rings. The lowest BCUT2D eigenvalue weighted by Gasteiger charge is -2.06. The molecule has 7 heteroatoms. The first-order valence-electron chi connectivity index (χ1n) is 4.46. The third-order valence-corrected chi connectivity index (χ3v) is 2.56. The molecule has 1 aromatic carbocycles. The number of nitrogens with zero attached hydrogens (tertiary/aromatic N) is 1. The molecule has 0 saturated carbocycles. The van der Waals surface area contributed by atoms with Crippen LogP contribution in [0.5, 0.6) is 0 Å². The number of aromatic nitrogens is 2. The number of H-pyrrole nitrogens is 1. The summed E-state index contributed by atoms with van der Waals surface area (Å²) in [5, 5.41) is -0.116. The summed E-state index contributed by atoms with van der Waals surface area (Å²) in [6.45, 7) is 0. The highest BCUT2D eigenvalue weighted by Crippen LogP contribution is 2.18. The Balaban J connectivity index is 2.78. The van der Waals surface area contributed by atoms with Gasteiger partial charge in [-0.1, -0.05) is 23.2 Å². The topological polar surface area (TPSA) is 54.9 Å². The van der Waals surface area contributed by atoms with Gasteiger partial charge in [0.1, 0.15) is 11.0 Å². The summed E-state index contributed by atoms with van der Waals surface area (Å²) in [6, 6.07) is 4.38. The van der Waals surface area contributed by atoms with Gasteiger partial charge in [0, 0.05) is 6.07 Å². The smallest absolute Gasteiger partial charge is 0.297 e. The molecule has 0 aliphatic carbocycles. The predicted molar refractivity (Wildman–Crippen MR) is 62.6 cm³/mol. The Labute approximate surface area is 104 Å². The highest BCUT2D eigenvalue weighted by Gasteiger charge is 2.10. The fourth-order valence-corrected chi connectivity index (χ4v) is 1.78. The Hall–Kier alpha value is -1.59. The molecular formula is C10H5Cl2FN2O2. The van der Waals surface area contributed by atoms with Crippen molar-refractivity contribution in [2.24, 2.45) is 0 Å². The van der Waals surface area contributed by atoms with Crippen LogP contribution in [-0.2, 0) is 0 Å². The van der Waals surface area contributed by atoms with Crippen LogP contribution >= 0.6 is 23.2 Å². The summed E-state index contributed by atoms with van der Waals surface area (Å²) >= 11 is 11.3. The molecule has 1 heterocycles. The van der Waals surface area contributed by atoms with Gasteiger partial charge in [0.05, 0.1) is 10.7 Å². The largest absolute Gasteiger partial charge is 0.334 e. The molecule has 88 valence electrons. The average Bonchev–Trinajstić information content (AvgIpc) is 2.19. The second kappa shape index (κ2) is 4.35. The molecule has 0 bridgehead atoms. The quantitative estimate of drug-likeness (QED) is 0.809. The third kappa shape index (κ3) is 2.25. The lowest BCUT2D eigenvalue weighted by molar-refractivity contribution is 0.627. The fraction of sp³-hybridized carbons (Fsp3) is 0. The van der Waals surface area contributed by atoms with Crippen LogP contribution in [0.25, 0.3) is 5.69 Å². The summed E-state index contributed by atoms with van der Waals surface area (Å²) < 4.78 is 13.6. The van der Waals surface area contributed by atoms with Gasteiger partial charge in [-0.15, -0.1) is 0 Å². The standard InChI is InChI=1S/C10H5Cl2FN2O2/c11-6-3-5(13)1-2-7(6)15-9(16)4-8(12)14-10(15)17/h1-4H,(H,14,17). The van der Waals surface area contributed by atoms with Crippen molar-refractivity contribution in [1.82, 2.24) is 9.55 Å². The number of aromatic amines is 1. The van der Waals surface area contributed by atoms with Crippen molar-refractivity contribution in [3.8, 4) is 5.69 Å². The Kier molecular flexibility index (Phi) is 3.04. The van der Waals surface area contributed by atoms with Crippen molar-refractivity contribution in [3.05, 3.63) is 61.1 Å². The predicted octanol–water partition coefficient (Wildman–Crippen LogP) is 1.97. The lowest BCUT2D eigenvalue weighted by atomic mass is 10.3. The van der Waals surface area contributed by atoms with Crippen LogP contribution in [0, 0.1) is 5.82 Å². The van der Waals surface area contributed by atoms with E-state index in [2.05, 4.69) is 4.98 Å². The number of halogens is 3. The van der Waals surface area contributed by atoms with Crippen LogP contribution in [0.15, 0.2) is 33.9 Å². The SMILES string of the molecule is O=c1cc(Cl)[nH]c(=O)n1-c1ccc(F)cc1Cl. The molecule has 0 fully saturated rings. The maximum atomic E-state index is 12.8. The van der Waals surface area contributed by atoms with E-state index in [0.29, 0.717) is 0 Å². The molecule has 2 aromatic rings. The minimum Gasteiger partial charge on any atom is -0.297 e. The van der Waals surface area contributed by atoms with Gasteiger partial charge >= 0.3 is 5.69 Å². The Morgan fingerprint density at radius 2 is 1.88 bits per heavy atom. The monoisotopic (exact) mass is 274 g/mol. The first kappa shape index (κ1) is 11.9. The maximum absolute atomic E-state index is 12.8. The molecule has 0 saturated heterocycles. The molecule has 1 N–H and O–H groups in total. The zero-order chi connectivity index (χ0) is 12.6. The first-order chi connectivity index (χ1) is 7.99. The van der Waals surface area contributed by atoms with Gasteiger partial charge in [0.25, 0.3) is 5.56 Å². The number of benzene rings is 1. The van der Waals surface area contributed by atoms with Gasteiger partial charge < -0.3 is 0 Å². The van der Waals surface area contributed by atoms with Crippen molar-refractivity contribution >= 4 is 23.2 Å². The summed E-state index contributed by atoms with van der Waals surface area (Å²) in [6.07, 6.45) is 0. The normalized spacial score (nSPS) is 10.5. The van der Waals surface area contributed by atoms with Crippen molar-refractivity contribution in [1.29, 1.82) is 0 Å². The number of hydrogen-bond donors (Lipinski definition) is 1. The van der Waals surface area contributed by atoms with Gasteiger partial charge in [-0.25, -0.2) is 13.8 Å². The second-order valence-electron chi connectivity index (χ2n) is 3.19. The number of hydrogen-bond acceptors (Lipinski definition) is 2. The van der Waals surface area contributed by atoms with Gasteiger partial charge in [0.15, 0.2) is 0 Å². The minimum absolute atomic E-state index is 0.0417. The molecule has 0 aliphatic heterocycles. The third-order valence-electron chi connectivity index (χ3n) is 2.05. The van der Waals surface area contributed by atoms with E-state index in [0.717, 1.165) is 22.8 Å². The highest BCUT2D eigenvalue weighted by atomic mass is 35.5. The van der Waals surface area contributed by atoms with Crippen molar-refractivity contribution < 1.29 is 4.39 Å². The van der Waals surface area contributed by atoms with Gasteiger partial charge in [-0.05, 0) is 18.2 Å². The molecule has 0 atom stereocenters. The Morgan fingerprint density at radius 3 is 2.47 bits per heavy atom. The van der Waals surface area contributed by atoms with E-state index in [1.54, 1.807) is 0 Å². The molecular weight excluding hydrogens is 270 g/mol. The molecule has 17 heavy (non-hydrogen) atoms. The zero-order valence-electron chi connectivity index (χ0n) is 8.21. The maximum Gasteiger partial charge on any atom is 0.334 e. The summed E-state index contributed by atoms with van der Waals surface area (Å²) in [5.41, 5.74) is -1.29. The summed E-state index contributed by atoms with van der Waals surface area (Å²) in [7, 11) is 0. The fourth-order valence-electron chi connectivity index (χ4n) is 1.36. The van der Waals surface area contributed by atoms with Crippen molar-refractivity contribution in [3.63, 3.8) is 0 Å². The highest BCUT2D eigenvalue weighted by molar-refractivity contribution is 6.32. The summed E-state index contributed by atoms with van der Waals surface area (Å²) in [4.78, 5) is 25.4. The van der Waals surface area contributed by atoms with Crippen LogP contribution in [0.1, 0.15) is 0 Å². The van der Waals surface area contributed by atoms with E-state index in [4.69, 9.17) is 23.2 Å². The van der Waals surface area contributed by atoms with E-state index in [-0.39, 0.29) is 15.9 Å². The van der Waals surface area contributed by atoms with Crippen molar-refractivity contribution in [2.75, 3.05) is 0 Å². The molecule has 0 unspecified atom stereocenters. The van der Waals surface area contributed by atoms with Crippen LogP contribution in [0.3, 0.4) is 0 Å². The zero-order valence-corrected chi connectivity index (χ0v) is 9.72. The van der Waals surface area contributed by atoms with Gasteiger partial charge in [-0.2, -0.15) is 0 Å². The van der Waals surface area contributed by atoms with E-state index in [9.17, 15) is 14.0 Å². The van der Waals surface area contributed by atoms with E-state index >= 15 is 0 Å². The Bertz CT molecular complexity index is 662.